The Balaban J connectivity index is -0.0000000800. The minimum absolute atomic E-state index is 0. The SMILES string of the molecule is O=S(=O)([O-])[O-].[Fe+2].[O]=[Al][OH]. The fourth-order valence-electron chi connectivity index (χ4n) is 0. The van der Waals surface area contributed by atoms with E-state index < -0.39 is 25.9 Å². The average Bonchev–Trinajstić information content (AvgIpc) is 1.27. The van der Waals surface area contributed by atoms with Crippen molar-refractivity contribution in [3.05, 3.63) is 0 Å². The molecular weight excluding hydrogens is 211 g/mol. The van der Waals surface area contributed by atoms with Crippen molar-refractivity contribution in [2.45, 2.75) is 0 Å². The second kappa shape index (κ2) is 8.52. The summed E-state index contributed by atoms with van der Waals surface area (Å²) in [6, 6.07) is 0. The average molecular weight is 212 g/mol. The van der Waals surface area contributed by atoms with Gasteiger partial charge in [0.25, 0.3) is 0 Å². The summed E-state index contributed by atoms with van der Waals surface area (Å²) in [5.74, 6) is 0. The first kappa shape index (κ1) is 16.3. The molecule has 0 fully saturated rings. The van der Waals surface area contributed by atoms with E-state index in [1.54, 1.807) is 0 Å². The van der Waals surface area contributed by atoms with E-state index in [-0.39, 0.29) is 17.1 Å². The monoisotopic (exact) mass is 212 g/mol. The fourth-order valence-corrected chi connectivity index (χ4v) is 0. The molecule has 0 heterocycles. The second-order valence-corrected chi connectivity index (χ2v) is 1.54. The zero-order chi connectivity index (χ0) is 7.21. The molecule has 9 heavy (non-hydrogen) atoms. The van der Waals surface area contributed by atoms with Gasteiger partial charge in [-0.1, -0.05) is 0 Å². The van der Waals surface area contributed by atoms with Gasteiger partial charge in [0.2, 0.25) is 0 Å². The van der Waals surface area contributed by atoms with Gasteiger partial charge in [-0.15, -0.1) is 0 Å². The Morgan fingerprint density at radius 1 is 1.33 bits per heavy atom. The van der Waals surface area contributed by atoms with Gasteiger partial charge in [-0.2, -0.15) is 0 Å². The van der Waals surface area contributed by atoms with Crippen LogP contribution in [0.25, 0.3) is 0 Å². The van der Waals surface area contributed by atoms with Crippen molar-refractivity contribution in [1.82, 2.24) is 0 Å². The predicted octanol–water partition coefficient (Wildman–Crippen LogP) is -2.40. The molecule has 0 spiro atoms. The number of hydrogen-bond donors (Lipinski definition) is 1. The summed E-state index contributed by atoms with van der Waals surface area (Å²) in [6.07, 6.45) is 0. The van der Waals surface area contributed by atoms with Crippen LogP contribution in [0.4, 0.5) is 0 Å². The Kier molecular flexibility index (Phi) is 15.4. The molecule has 0 aromatic rings. The molecule has 0 bridgehead atoms. The molecule has 0 unspecified atom stereocenters. The summed E-state index contributed by atoms with van der Waals surface area (Å²) >= 11 is -1.50. The van der Waals surface area contributed by atoms with Gasteiger partial charge in [-0.25, -0.2) is 0 Å². The van der Waals surface area contributed by atoms with Gasteiger partial charge in [0.05, 0.1) is 0 Å². The van der Waals surface area contributed by atoms with Crippen LogP contribution in [0, 0.1) is 0 Å². The van der Waals surface area contributed by atoms with Crippen molar-refractivity contribution in [3.63, 3.8) is 0 Å². The van der Waals surface area contributed by atoms with Crippen molar-refractivity contribution in [2.24, 2.45) is 0 Å². The molecule has 0 aliphatic rings. The first-order valence-corrected chi connectivity index (χ1v) is 3.48. The van der Waals surface area contributed by atoms with Gasteiger partial charge in [0, 0.05) is 10.4 Å². The van der Waals surface area contributed by atoms with E-state index in [9.17, 15) is 0 Å². The molecule has 0 radical (unpaired) electrons. The summed E-state index contributed by atoms with van der Waals surface area (Å²) < 4.78 is 49.8. The zero-order valence-corrected chi connectivity index (χ0v) is 6.90. The van der Waals surface area contributed by atoms with Crippen molar-refractivity contribution >= 4 is 25.9 Å². The Hall–Kier alpha value is 0.522. The van der Waals surface area contributed by atoms with E-state index in [4.69, 9.17) is 25.5 Å². The first-order chi connectivity index (χ1) is 3.41. The summed E-state index contributed by atoms with van der Waals surface area (Å²) in [7, 11) is -5.17. The van der Waals surface area contributed by atoms with E-state index >= 15 is 0 Å². The van der Waals surface area contributed by atoms with Gasteiger partial charge in [-0.05, 0) is 0 Å². The fraction of sp³-hybridized carbons (Fsp3) is 0. The molecule has 6 nitrogen and oxygen atoms in total. The molecule has 0 aromatic carbocycles. The van der Waals surface area contributed by atoms with E-state index in [0.29, 0.717) is 0 Å². The molecule has 0 aliphatic carbocycles. The maximum absolute atomic E-state index is 8.57. The van der Waals surface area contributed by atoms with Crippen molar-refractivity contribution < 1.29 is 42.6 Å². The molecule has 0 rings (SSSR count). The molecule has 0 aromatic heterocycles. The van der Waals surface area contributed by atoms with Crippen LogP contribution in [0.3, 0.4) is 0 Å². The quantitative estimate of drug-likeness (QED) is 0.271. The normalized spacial score (nSPS) is 7.33. The molecule has 0 aliphatic heterocycles. The molecule has 0 atom stereocenters. The number of hydrogen-bond acceptors (Lipinski definition) is 5. The minimum atomic E-state index is -5.17. The molecular formula is HAlFeO6S. The Bertz CT molecular complexity index is 127. The molecule has 1 N–H and O–H groups in total. The van der Waals surface area contributed by atoms with Crippen LogP contribution in [0.5, 0.6) is 0 Å². The van der Waals surface area contributed by atoms with Crippen LogP contribution in [0.1, 0.15) is 0 Å². The van der Waals surface area contributed by atoms with Crippen molar-refractivity contribution in [1.29, 1.82) is 0 Å². The van der Waals surface area contributed by atoms with Crippen LogP contribution in [-0.4, -0.2) is 37.2 Å². The maximum atomic E-state index is 8.57. The third-order valence-electron chi connectivity index (χ3n) is 0. The predicted molar refractivity (Wildman–Crippen MR) is 19.1 cm³/mol. The number of rotatable bonds is 0. The third-order valence-corrected chi connectivity index (χ3v) is 0. The summed E-state index contributed by atoms with van der Waals surface area (Å²) in [5.41, 5.74) is 0. The van der Waals surface area contributed by atoms with Crippen LogP contribution in [0.15, 0.2) is 0 Å². The van der Waals surface area contributed by atoms with Gasteiger partial charge in [0.15, 0.2) is 0 Å². The summed E-state index contributed by atoms with van der Waals surface area (Å²) in [5, 5.41) is 0. The molecule has 0 saturated carbocycles. The van der Waals surface area contributed by atoms with Gasteiger partial charge in [-0.3, -0.25) is 8.42 Å². The Morgan fingerprint density at radius 3 is 1.33 bits per heavy atom. The second-order valence-electron chi connectivity index (χ2n) is 0.514. The van der Waals surface area contributed by atoms with E-state index in [0.717, 1.165) is 0 Å². The van der Waals surface area contributed by atoms with Crippen LogP contribution in [0.2, 0.25) is 0 Å². The Labute approximate surface area is 68.6 Å². The molecule has 0 saturated heterocycles. The summed E-state index contributed by atoms with van der Waals surface area (Å²) in [6.45, 7) is 0. The standard InChI is InChI=1S/Al.Fe.H2O4S.H2O.O/c;;1-5(2,3)4;;/h;;(H2,1,2,3,4);1H2;/q+1;+2;;;/p-3. The Morgan fingerprint density at radius 2 is 1.33 bits per heavy atom. The molecule has 9 heteroatoms. The molecule has 0 amide bonds. The van der Waals surface area contributed by atoms with E-state index in [1.807, 2.05) is 0 Å². The van der Waals surface area contributed by atoms with Gasteiger partial charge in [0.1, 0.15) is 0 Å². The van der Waals surface area contributed by atoms with E-state index in [1.165, 1.54) is 0 Å². The molecule has 54 valence electrons. The van der Waals surface area contributed by atoms with Crippen LogP contribution in [-0.2, 0) is 31.3 Å². The van der Waals surface area contributed by atoms with Crippen LogP contribution < -0.4 is 0 Å². The first-order valence-electron chi connectivity index (χ1n) is 1.16. The summed E-state index contributed by atoms with van der Waals surface area (Å²) in [4.78, 5) is 0. The third kappa shape index (κ3) is 1330. The van der Waals surface area contributed by atoms with Crippen molar-refractivity contribution in [3.8, 4) is 0 Å². The van der Waals surface area contributed by atoms with Crippen LogP contribution >= 0.6 is 0 Å². The van der Waals surface area contributed by atoms with Gasteiger partial charge >= 0.3 is 40.5 Å². The van der Waals surface area contributed by atoms with E-state index in [2.05, 4.69) is 0 Å². The zero-order valence-electron chi connectivity index (χ0n) is 3.83. The van der Waals surface area contributed by atoms with Crippen molar-refractivity contribution in [2.75, 3.05) is 0 Å². The topological polar surface area (TPSA) is 118 Å². The van der Waals surface area contributed by atoms with Gasteiger partial charge < -0.3 is 9.11 Å².